The van der Waals surface area contributed by atoms with E-state index in [-0.39, 0.29) is 18.7 Å². The minimum atomic E-state index is -3.78. The number of benzene rings is 1. The second-order valence-corrected chi connectivity index (χ2v) is 7.11. The Morgan fingerprint density at radius 2 is 2.11 bits per heavy atom. The molecule has 2 rings (SSSR count). The van der Waals surface area contributed by atoms with E-state index in [4.69, 9.17) is 5.14 Å². The van der Waals surface area contributed by atoms with Crippen LogP contribution >= 0.6 is 22.6 Å². The van der Waals surface area contributed by atoms with E-state index in [9.17, 15) is 17.6 Å². The maximum absolute atomic E-state index is 13.7. The molecular weight excluding hydrogens is 374 g/mol. The fraction of sp³-hybridized carbons (Fsp3) is 0.300. The molecule has 2 N–H and O–H groups in total. The maximum atomic E-state index is 13.7. The summed E-state index contributed by atoms with van der Waals surface area (Å²) in [5, 5.41) is 4.04. The Morgan fingerprint density at radius 1 is 1.44 bits per heavy atom. The lowest BCUT2D eigenvalue weighted by atomic mass is 10.3. The number of nitrogens with zero attached hydrogens (tertiary/aromatic N) is 1. The molecule has 0 aliphatic carbocycles. The molecule has 0 radical (unpaired) electrons. The Balaban J connectivity index is 2.33. The number of primary sulfonamides is 1. The smallest absolute Gasteiger partial charge is 0.228 e. The highest BCUT2D eigenvalue weighted by molar-refractivity contribution is 14.1. The van der Waals surface area contributed by atoms with E-state index in [1.165, 1.54) is 12.1 Å². The van der Waals surface area contributed by atoms with Gasteiger partial charge in [0.1, 0.15) is 11.1 Å². The first-order valence-corrected chi connectivity index (χ1v) is 7.75. The number of hydrogen-bond donors (Lipinski definition) is 1. The van der Waals surface area contributed by atoms with Crippen molar-refractivity contribution >= 4 is 44.2 Å². The molecule has 1 aliphatic heterocycles. The van der Waals surface area contributed by atoms with Gasteiger partial charge in [0.15, 0.2) is 0 Å². The SMILES string of the molecule is NS(=O)(=O)C1CC(=O)N(c2ccc(I)cc2F)C1. The molecular formula is C10H10FIN2O3S. The zero-order chi connectivity index (χ0) is 13.5. The molecule has 98 valence electrons. The summed E-state index contributed by atoms with van der Waals surface area (Å²) in [6, 6.07) is 4.39. The molecule has 0 bridgehead atoms. The molecule has 1 aliphatic rings. The third-order valence-corrected chi connectivity index (χ3v) is 4.67. The van der Waals surface area contributed by atoms with Crippen LogP contribution < -0.4 is 10.0 Å². The van der Waals surface area contributed by atoms with Gasteiger partial charge in [0.25, 0.3) is 0 Å². The van der Waals surface area contributed by atoms with Crippen molar-refractivity contribution in [3.63, 3.8) is 0 Å². The predicted octanol–water partition coefficient (Wildman–Crippen LogP) is 0.824. The number of carbonyl (C=O) groups excluding carboxylic acids is 1. The topological polar surface area (TPSA) is 80.5 Å². The van der Waals surface area contributed by atoms with Crippen molar-refractivity contribution in [2.45, 2.75) is 11.7 Å². The van der Waals surface area contributed by atoms with Crippen LogP contribution in [0.15, 0.2) is 18.2 Å². The highest BCUT2D eigenvalue weighted by Gasteiger charge is 2.38. The highest BCUT2D eigenvalue weighted by Crippen LogP contribution is 2.27. The Kier molecular flexibility index (Phi) is 3.60. The van der Waals surface area contributed by atoms with Gasteiger partial charge in [0.2, 0.25) is 15.9 Å². The van der Waals surface area contributed by atoms with Crippen LogP contribution in [0.3, 0.4) is 0 Å². The Morgan fingerprint density at radius 3 is 2.61 bits per heavy atom. The Labute approximate surface area is 117 Å². The fourth-order valence-electron chi connectivity index (χ4n) is 1.83. The molecule has 0 saturated carbocycles. The molecule has 1 aromatic carbocycles. The van der Waals surface area contributed by atoms with E-state index in [1.807, 2.05) is 22.6 Å². The molecule has 1 atom stereocenters. The van der Waals surface area contributed by atoms with Gasteiger partial charge in [-0.3, -0.25) is 4.79 Å². The zero-order valence-electron chi connectivity index (χ0n) is 9.14. The average Bonchev–Trinajstić information content (AvgIpc) is 2.60. The number of sulfonamides is 1. The van der Waals surface area contributed by atoms with Crippen LogP contribution in [-0.2, 0) is 14.8 Å². The lowest BCUT2D eigenvalue weighted by molar-refractivity contribution is -0.117. The number of rotatable bonds is 2. The normalized spacial score (nSPS) is 20.5. The lowest BCUT2D eigenvalue weighted by Crippen LogP contribution is -2.32. The van der Waals surface area contributed by atoms with E-state index in [2.05, 4.69) is 0 Å². The molecule has 1 aromatic rings. The van der Waals surface area contributed by atoms with Crippen molar-refractivity contribution in [2.24, 2.45) is 5.14 Å². The van der Waals surface area contributed by atoms with E-state index in [1.54, 1.807) is 6.07 Å². The van der Waals surface area contributed by atoms with Gasteiger partial charge in [-0.1, -0.05) is 0 Å². The third-order valence-electron chi connectivity index (χ3n) is 2.75. The number of hydrogen-bond acceptors (Lipinski definition) is 3. The van der Waals surface area contributed by atoms with Crippen LogP contribution in [0.2, 0.25) is 0 Å². The molecule has 1 fully saturated rings. The molecule has 5 nitrogen and oxygen atoms in total. The summed E-state index contributed by atoms with van der Waals surface area (Å²) < 4.78 is 36.8. The second-order valence-electron chi connectivity index (χ2n) is 4.02. The van der Waals surface area contributed by atoms with Gasteiger partial charge < -0.3 is 4.90 Å². The van der Waals surface area contributed by atoms with Gasteiger partial charge in [-0.25, -0.2) is 17.9 Å². The standard InChI is InChI=1S/C10H10FIN2O3S/c11-8-3-6(12)1-2-9(8)14-5-7(4-10(14)15)18(13,16)17/h1-3,7H,4-5H2,(H2,13,16,17). The van der Waals surface area contributed by atoms with E-state index >= 15 is 0 Å². The Bertz CT molecular complexity index is 605. The molecule has 1 heterocycles. The molecule has 8 heteroatoms. The molecule has 0 spiro atoms. The fourth-order valence-corrected chi connectivity index (χ4v) is 3.01. The van der Waals surface area contributed by atoms with Crippen molar-refractivity contribution < 1.29 is 17.6 Å². The monoisotopic (exact) mass is 384 g/mol. The summed E-state index contributed by atoms with van der Waals surface area (Å²) in [7, 11) is -3.78. The first-order valence-electron chi connectivity index (χ1n) is 5.06. The number of anilines is 1. The van der Waals surface area contributed by atoms with E-state index < -0.39 is 27.0 Å². The predicted molar refractivity (Wildman–Crippen MR) is 73.0 cm³/mol. The summed E-state index contributed by atoms with van der Waals surface area (Å²) >= 11 is 1.95. The van der Waals surface area contributed by atoms with E-state index in [0.29, 0.717) is 3.57 Å². The van der Waals surface area contributed by atoms with Gasteiger partial charge in [0.05, 0.1) is 5.69 Å². The first kappa shape index (κ1) is 13.7. The summed E-state index contributed by atoms with van der Waals surface area (Å²) in [6.07, 6.45) is -0.204. The maximum Gasteiger partial charge on any atom is 0.228 e. The van der Waals surface area contributed by atoms with Gasteiger partial charge in [-0.15, -0.1) is 0 Å². The van der Waals surface area contributed by atoms with Gasteiger partial charge in [-0.2, -0.15) is 0 Å². The largest absolute Gasteiger partial charge is 0.308 e. The third kappa shape index (κ3) is 2.64. The first-order chi connectivity index (χ1) is 8.29. The van der Waals surface area contributed by atoms with Crippen LogP contribution in [0.4, 0.5) is 10.1 Å². The summed E-state index contributed by atoms with van der Waals surface area (Å²) in [4.78, 5) is 12.8. The second kappa shape index (κ2) is 4.74. The van der Waals surface area contributed by atoms with Crippen molar-refractivity contribution in [3.8, 4) is 0 Å². The number of halogens is 2. The molecule has 1 saturated heterocycles. The van der Waals surface area contributed by atoms with Crippen molar-refractivity contribution in [3.05, 3.63) is 27.6 Å². The molecule has 1 unspecified atom stereocenters. The Hall–Kier alpha value is -0.740. The minimum absolute atomic E-state index is 0.0894. The van der Waals surface area contributed by atoms with Crippen molar-refractivity contribution in [1.82, 2.24) is 0 Å². The summed E-state index contributed by atoms with van der Waals surface area (Å²) in [5.41, 5.74) is 0.0894. The lowest BCUT2D eigenvalue weighted by Gasteiger charge is -2.17. The van der Waals surface area contributed by atoms with Crippen LogP contribution in [0, 0.1) is 9.39 Å². The molecule has 0 aromatic heterocycles. The van der Waals surface area contributed by atoms with Gasteiger partial charge in [-0.05, 0) is 40.8 Å². The molecule has 18 heavy (non-hydrogen) atoms. The van der Waals surface area contributed by atoms with Crippen LogP contribution in [0.1, 0.15) is 6.42 Å². The summed E-state index contributed by atoms with van der Waals surface area (Å²) in [5.74, 6) is -0.987. The zero-order valence-corrected chi connectivity index (χ0v) is 12.1. The number of amides is 1. The molecule has 1 amide bonds. The van der Waals surface area contributed by atoms with Crippen molar-refractivity contribution in [1.29, 1.82) is 0 Å². The van der Waals surface area contributed by atoms with Gasteiger partial charge in [0, 0.05) is 16.5 Å². The summed E-state index contributed by atoms with van der Waals surface area (Å²) in [6.45, 7) is -0.102. The van der Waals surface area contributed by atoms with Crippen LogP contribution in [0.5, 0.6) is 0 Å². The minimum Gasteiger partial charge on any atom is -0.308 e. The van der Waals surface area contributed by atoms with Crippen LogP contribution in [-0.4, -0.2) is 26.1 Å². The average molecular weight is 384 g/mol. The van der Waals surface area contributed by atoms with Crippen LogP contribution in [0.25, 0.3) is 0 Å². The number of nitrogens with two attached hydrogens (primary N) is 1. The highest BCUT2D eigenvalue weighted by atomic mass is 127. The van der Waals surface area contributed by atoms with Crippen molar-refractivity contribution in [2.75, 3.05) is 11.4 Å². The van der Waals surface area contributed by atoms with Gasteiger partial charge >= 0.3 is 0 Å². The quantitative estimate of drug-likeness (QED) is 0.767. The number of carbonyl (C=O) groups is 1. The van der Waals surface area contributed by atoms with E-state index in [0.717, 1.165) is 4.90 Å².